The zero-order chi connectivity index (χ0) is 11.6. The number of ether oxygens (including phenoxy) is 1. The molecule has 0 aromatic carbocycles. The van der Waals surface area contributed by atoms with Crippen LogP contribution in [0.15, 0.2) is 6.20 Å². The highest BCUT2D eigenvalue weighted by molar-refractivity contribution is 6.33. The van der Waals surface area contributed by atoms with Gasteiger partial charge in [-0.05, 0) is 0 Å². The van der Waals surface area contributed by atoms with Crippen molar-refractivity contribution in [3.8, 4) is 5.88 Å². The van der Waals surface area contributed by atoms with E-state index in [2.05, 4.69) is 9.72 Å². The van der Waals surface area contributed by atoms with E-state index in [0.717, 1.165) is 6.20 Å². The molecule has 0 saturated carbocycles. The Labute approximate surface area is 88.4 Å². The van der Waals surface area contributed by atoms with Gasteiger partial charge in [0.1, 0.15) is 5.02 Å². The van der Waals surface area contributed by atoms with Crippen molar-refractivity contribution in [2.45, 2.75) is 6.43 Å². The van der Waals surface area contributed by atoms with Crippen LogP contribution in [0.25, 0.3) is 0 Å². The van der Waals surface area contributed by atoms with Crippen LogP contribution in [0.3, 0.4) is 0 Å². The number of hydrogen-bond donors (Lipinski definition) is 1. The van der Waals surface area contributed by atoms with Crippen LogP contribution in [-0.2, 0) is 0 Å². The average Bonchev–Trinajstić information content (AvgIpc) is 2.16. The topological polar surface area (TPSA) is 59.4 Å². The van der Waals surface area contributed by atoms with Gasteiger partial charge >= 0.3 is 5.97 Å². The van der Waals surface area contributed by atoms with Gasteiger partial charge in [0.2, 0.25) is 5.88 Å². The maximum atomic E-state index is 12.5. The molecule has 0 radical (unpaired) electrons. The lowest BCUT2D eigenvalue weighted by atomic mass is 10.1. The summed E-state index contributed by atoms with van der Waals surface area (Å²) < 4.78 is 29.7. The molecule has 0 unspecified atom stereocenters. The van der Waals surface area contributed by atoms with Crippen molar-refractivity contribution in [2.75, 3.05) is 7.11 Å². The van der Waals surface area contributed by atoms with Crippen LogP contribution in [0.5, 0.6) is 5.88 Å². The molecule has 82 valence electrons. The number of methoxy groups -OCH3 is 1. The van der Waals surface area contributed by atoms with Gasteiger partial charge in [-0.15, -0.1) is 0 Å². The lowest BCUT2D eigenvalue weighted by Gasteiger charge is -2.09. The van der Waals surface area contributed by atoms with Crippen LogP contribution in [0.2, 0.25) is 5.02 Å². The van der Waals surface area contributed by atoms with Gasteiger partial charge in [0.25, 0.3) is 6.43 Å². The van der Waals surface area contributed by atoms with E-state index in [-0.39, 0.29) is 5.88 Å². The summed E-state index contributed by atoms with van der Waals surface area (Å²) in [5, 5.41) is 8.15. The maximum absolute atomic E-state index is 12.5. The number of pyridine rings is 1. The molecule has 1 aromatic heterocycles. The molecule has 0 saturated heterocycles. The van der Waals surface area contributed by atoms with E-state index in [1.807, 2.05) is 0 Å². The third-order valence-corrected chi connectivity index (χ3v) is 2.03. The molecule has 1 N–H and O–H groups in total. The summed E-state index contributed by atoms with van der Waals surface area (Å²) in [6.45, 7) is 0. The molecule has 0 atom stereocenters. The van der Waals surface area contributed by atoms with Gasteiger partial charge in [-0.1, -0.05) is 11.6 Å². The summed E-state index contributed by atoms with van der Waals surface area (Å²) >= 11 is 5.52. The quantitative estimate of drug-likeness (QED) is 0.877. The maximum Gasteiger partial charge on any atom is 0.337 e. The number of carboxylic acid groups (broad SMARTS) is 1. The molecule has 1 rings (SSSR count). The zero-order valence-electron chi connectivity index (χ0n) is 7.50. The third kappa shape index (κ3) is 2.15. The Hall–Kier alpha value is -1.43. The standard InChI is InChI=1S/C8H6ClF2NO3/c1-15-7-5(9)4(6(10)11)3(2-12-7)8(13)14/h2,6H,1H3,(H,13,14). The fourth-order valence-electron chi connectivity index (χ4n) is 1.01. The van der Waals surface area contributed by atoms with Crippen LogP contribution in [0.1, 0.15) is 22.3 Å². The summed E-state index contributed by atoms with van der Waals surface area (Å²) in [4.78, 5) is 14.1. The van der Waals surface area contributed by atoms with Crippen molar-refractivity contribution in [3.05, 3.63) is 22.3 Å². The van der Waals surface area contributed by atoms with E-state index in [4.69, 9.17) is 16.7 Å². The van der Waals surface area contributed by atoms with Gasteiger partial charge in [-0.3, -0.25) is 0 Å². The van der Waals surface area contributed by atoms with E-state index in [9.17, 15) is 13.6 Å². The molecule has 0 aliphatic rings. The van der Waals surface area contributed by atoms with Crippen LogP contribution < -0.4 is 4.74 Å². The molecule has 0 bridgehead atoms. The Kier molecular flexibility index (Phi) is 3.41. The highest BCUT2D eigenvalue weighted by Gasteiger charge is 2.24. The fourth-order valence-corrected chi connectivity index (χ4v) is 1.32. The molecule has 0 spiro atoms. The minimum atomic E-state index is -3.00. The predicted octanol–water partition coefficient (Wildman–Crippen LogP) is 2.38. The number of aromatic carboxylic acids is 1. The molecule has 1 heterocycles. The molecule has 1 aromatic rings. The first-order valence-electron chi connectivity index (χ1n) is 3.72. The number of carbonyl (C=O) groups is 1. The van der Waals surface area contributed by atoms with E-state index < -0.39 is 28.5 Å². The molecule has 4 nitrogen and oxygen atoms in total. The molecule has 15 heavy (non-hydrogen) atoms. The van der Waals surface area contributed by atoms with Gasteiger partial charge in [0.15, 0.2) is 0 Å². The minimum Gasteiger partial charge on any atom is -0.480 e. The predicted molar refractivity (Wildman–Crippen MR) is 47.7 cm³/mol. The summed E-state index contributed by atoms with van der Waals surface area (Å²) in [5.41, 5.74) is -1.41. The largest absolute Gasteiger partial charge is 0.480 e. The number of hydrogen-bond acceptors (Lipinski definition) is 3. The van der Waals surface area contributed by atoms with Gasteiger partial charge in [-0.2, -0.15) is 0 Å². The van der Waals surface area contributed by atoms with Gasteiger partial charge < -0.3 is 9.84 Å². The van der Waals surface area contributed by atoms with E-state index in [1.165, 1.54) is 7.11 Å². The first-order valence-corrected chi connectivity index (χ1v) is 4.10. The third-order valence-electron chi connectivity index (χ3n) is 1.67. The molecule has 0 amide bonds. The fraction of sp³-hybridized carbons (Fsp3) is 0.250. The Morgan fingerprint density at radius 2 is 2.27 bits per heavy atom. The molecule has 0 fully saturated rings. The normalized spacial score (nSPS) is 10.5. The second-order valence-electron chi connectivity index (χ2n) is 2.51. The number of rotatable bonds is 3. The van der Waals surface area contributed by atoms with Crippen molar-refractivity contribution >= 4 is 17.6 Å². The number of carboxylic acids is 1. The summed E-state index contributed by atoms with van der Waals surface area (Å²) in [7, 11) is 1.20. The van der Waals surface area contributed by atoms with Crippen molar-refractivity contribution in [3.63, 3.8) is 0 Å². The van der Waals surface area contributed by atoms with Gasteiger partial charge in [0.05, 0.1) is 18.2 Å². The monoisotopic (exact) mass is 237 g/mol. The lowest BCUT2D eigenvalue weighted by molar-refractivity contribution is 0.0684. The SMILES string of the molecule is COc1ncc(C(=O)O)c(C(F)F)c1Cl. The van der Waals surface area contributed by atoms with Crippen molar-refractivity contribution in [1.82, 2.24) is 4.98 Å². The Morgan fingerprint density at radius 3 is 2.67 bits per heavy atom. The van der Waals surface area contributed by atoms with Crippen LogP contribution in [0.4, 0.5) is 8.78 Å². The zero-order valence-corrected chi connectivity index (χ0v) is 8.26. The van der Waals surface area contributed by atoms with E-state index in [0.29, 0.717) is 0 Å². The van der Waals surface area contributed by atoms with E-state index in [1.54, 1.807) is 0 Å². The van der Waals surface area contributed by atoms with Gasteiger partial charge in [0, 0.05) is 6.20 Å². The molecule has 0 aliphatic heterocycles. The highest BCUT2D eigenvalue weighted by atomic mass is 35.5. The molecule has 7 heteroatoms. The molecule has 0 aliphatic carbocycles. The van der Waals surface area contributed by atoms with Crippen LogP contribution in [-0.4, -0.2) is 23.2 Å². The van der Waals surface area contributed by atoms with Gasteiger partial charge in [-0.25, -0.2) is 18.6 Å². The molecular weight excluding hydrogens is 232 g/mol. The Morgan fingerprint density at radius 1 is 1.67 bits per heavy atom. The van der Waals surface area contributed by atoms with E-state index >= 15 is 0 Å². The first kappa shape index (κ1) is 11.6. The van der Waals surface area contributed by atoms with Crippen LogP contribution >= 0.6 is 11.6 Å². The summed E-state index contributed by atoms with van der Waals surface area (Å²) in [5.74, 6) is -1.74. The highest BCUT2D eigenvalue weighted by Crippen LogP contribution is 2.35. The second kappa shape index (κ2) is 4.39. The lowest BCUT2D eigenvalue weighted by Crippen LogP contribution is -2.06. The summed E-state index contributed by atoms with van der Waals surface area (Å²) in [6.07, 6.45) is -2.21. The van der Waals surface area contributed by atoms with Crippen molar-refractivity contribution in [1.29, 1.82) is 0 Å². The van der Waals surface area contributed by atoms with Crippen molar-refractivity contribution < 1.29 is 23.4 Å². The number of alkyl halides is 2. The summed E-state index contributed by atoms with van der Waals surface area (Å²) in [6, 6.07) is 0. The Bertz CT molecular complexity index is 398. The Balaban J connectivity index is 3.44. The van der Waals surface area contributed by atoms with Crippen LogP contribution in [0, 0.1) is 0 Å². The molecular formula is C8H6ClF2NO3. The number of nitrogens with zero attached hydrogens (tertiary/aromatic N) is 1. The average molecular weight is 238 g/mol. The first-order chi connectivity index (χ1) is 6.99. The van der Waals surface area contributed by atoms with Crippen molar-refractivity contribution in [2.24, 2.45) is 0 Å². The number of halogens is 3. The minimum absolute atomic E-state index is 0.225. The number of aromatic nitrogens is 1. The smallest absolute Gasteiger partial charge is 0.337 e. The second-order valence-corrected chi connectivity index (χ2v) is 2.89.